The van der Waals surface area contributed by atoms with Crippen molar-refractivity contribution in [3.63, 3.8) is 0 Å². The summed E-state index contributed by atoms with van der Waals surface area (Å²) in [5, 5.41) is 9.79. The van der Waals surface area contributed by atoms with Crippen LogP contribution in [0, 0.1) is 5.41 Å². The fraction of sp³-hybridized carbons (Fsp3) is 0.636. The summed E-state index contributed by atoms with van der Waals surface area (Å²) < 4.78 is 5.01. The summed E-state index contributed by atoms with van der Waals surface area (Å²) in [5.74, 6) is 0. The number of rotatable bonds is 2. The van der Waals surface area contributed by atoms with Crippen LogP contribution >= 0.6 is 0 Å². The average molecular weight is 195 g/mol. The molecule has 1 unspecified atom stereocenters. The predicted octanol–water partition coefficient (Wildman–Crippen LogP) is 1.48. The van der Waals surface area contributed by atoms with Crippen LogP contribution in [0.1, 0.15) is 19.4 Å². The third-order valence-corrected chi connectivity index (χ3v) is 2.95. The van der Waals surface area contributed by atoms with Gasteiger partial charge in [0, 0.05) is 30.6 Å². The number of nitrogens with zero attached hydrogens (tertiary/aromatic N) is 1. The first-order valence-corrected chi connectivity index (χ1v) is 4.99. The number of furan rings is 1. The first-order chi connectivity index (χ1) is 6.58. The topological polar surface area (TPSA) is 36.6 Å². The van der Waals surface area contributed by atoms with Gasteiger partial charge < -0.3 is 9.52 Å². The second kappa shape index (κ2) is 3.41. The van der Waals surface area contributed by atoms with Crippen LogP contribution in [0.2, 0.25) is 0 Å². The normalized spacial score (nSPS) is 26.9. The summed E-state index contributed by atoms with van der Waals surface area (Å²) in [6.45, 7) is 6.79. The molecule has 2 rings (SSSR count). The van der Waals surface area contributed by atoms with Gasteiger partial charge in [-0.15, -0.1) is 0 Å². The van der Waals surface area contributed by atoms with Crippen molar-refractivity contribution in [2.45, 2.75) is 26.5 Å². The molecule has 0 aliphatic carbocycles. The molecule has 0 bridgehead atoms. The monoisotopic (exact) mass is 195 g/mol. The Kier molecular flexibility index (Phi) is 2.37. The van der Waals surface area contributed by atoms with Gasteiger partial charge in [-0.2, -0.15) is 0 Å². The molecule has 0 spiro atoms. The van der Waals surface area contributed by atoms with Crippen molar-refractivity contribution < 1.29 is 9.52 Å². The first-order valence-electron chi connectivity index (χ1n) is 4.99. The minimum atomic E-state index is -0.214. The molecule has 3 nitrogen and oxygen atoms in total. The van der Waals surface area contributed by atoms with Crippen LogP contribution in [-0.2, 0) is 6.54 Å². The molecule has 3 heteroatoms. The number of β-amino-alcohol motifs (C(OH)–C–C–N with tert-alkyl or cyclic N) is 1. The predicted molar refractivity (Wildman–Crippen MR) is 53.8 cm³/mol. The molecule has 1 aromatic rings. The molecule has 1 aromatic heterocycles. The minimum absolute atomic E-state index is 0.0176. The Morgan fingerprint density at radius 1 is 1.64 bits per heavy atom. The molecule has 0 amide bonds. The third kappa shape index (κ3) is 1.83. The maximum atomic E-state index is 9.79. The fourth-order valence-electron chi connectivity index (χ4n) is 2.00. The molecule has 1 atom stereocenters. The number of aliphatic hydroxyl groups excluding tert-OH is 1. The number of aliphatic hydroxyl groups is 1. The molecular formula is C11H17NO2. The second-order valence-electron chi connectivity index (χ2n) is 4.81. The fourth-order valence-corrected chi connectivity index (χ4v) is 2.00. The zero-order chi connectivity index (χ0) is 10.2. The quantitative estimate of drug-likeness (QED) is 0.776. The van der Waals surface area contributed by atoms with E-state index in [2.05, 4.69) is 18.7 Å². The number of hydrogen-bond acceptors (Lipinski definition) is 3. The molecule has 0 aromatic carbocycles. The Labute approximate surface area is 84.3 Å². The van der Waals surface area contributed by atoms with Crippen molar-refractivity contribution in [1.82, 2.24) is 4.90 Å². The Balaban J connectivity index is 1.96. The molecule has 2 heterocycles. The van der Waals surface area contributed by atoms with E-state index < -0.39 is 0 Å². The molecule has 0 saturated carbocycles. The molecular weight excluding hydrogens is 178 g/mol. The van der Waals surface area contributed by atoms with Gasteiger partial charge in [0.2, 0.25) is 0 Å². The summed E-state index contributed by atoms with van der Waals surface area (Å²) in [7, 11) is 0. The standard InChI is InChI=1S/C11H17NO2/c1-11(2)8-12(6-10(11)13)5-9-3-4-14-7-9/h3-4,7,10,13H,5-6,8H2,1-2H3. The van der Waals surface area contributed by atoms with Gasteiger partial charge in [-0.3, -0.25) is 4.90 Å². The maximum Gasteiger partial charge on any atom is 0.0947 e. The van der Waals surface area contributed by atoms with Crippen molar-refractivity contribution in [2.75, 3.05) is 13.1 Å². The summed E-state index contributed by atoms with van der Waals surface area (Å²) in [6.07, 6.45) is 3.24. The highest BCUT2D eigenvalue weighted by molar-refractivity contribution is 5.06. The lowest BCUT2D eigenvalue weighted by Gasteiger charge is -2.20. The molecule has 1 fully saturated rings. The molecule has 1 saturated heterocycles. The van der Waals surface area contributed by atoms with Gasteiger partial charge in [0.15, 0.2) is 0 Å². The van der Waals surface area contributed by atoms with Crippen molar-refractivity contribution in [3.8, 4) is 0 Å². The summed E-state index contributed by atoms with van der Waals surface area (Å²) in [5.41, 5.74) is 1.19. The van der Waals surface area contributed by atoms with Crippen molar-refractivity contribution >= 4 is 0 Å². The summed E-state index contributed by atoms with van der Waals surface area (Å²) in [6, 6.07) is 1.97. The van der Waals surface area contributed by atoms with E-state index in [9.17, 15) is 5.11 Å². The number of hydrogen-bond donors (Lipinski definition) is 1. The second-order valence-corrected chi connectivity index (χ2v) is 4.81. The molecule has 1 aliphatic heterocycles. The van der Waals surface area contributed by atoms with Crippen molar-refractivity contribution in [3.05, 3.63) is 24.2 Å². The largest absolute Gasteiger partial charge is 0.472 e. The Bertz CT molecular complexity index is 292. The van der Waals surface area contributed by atoms with Gasteiger partial charge in [0.05, 0.1) is 18.6 Å². The van der Waals surface area contributed by atoms with Crippen LogP contribution in [0.15, 0.2) is 23.0 Å². The minimum Gasteiger partial charge on any atom is -0.472 e. The summed E-state index contributed by atoms with van der Waals surface area (Å²) >= 11 is 0. The highest BCUT2D eigenvalue weighted by Crippen LogP contribution is 2.30. The Morgan fingerprint density at radius 2 is 2.43 bits per heavy atom. The first kappa shape index (κ1) is 9.74. The lowest BCUT2D eigenvalue weighted by Crippen LogP contribution is -2.26. The molecule has 0 radical (unpaired) electrons. The van der Waals surface area contributed by atoms with Gasteiger partial charge in [0.25, 0.3) is 0 Å². The lowest BCUT2D eigenvalue weighted by molar-refractivity contribution is 0.0954. The van der Waals surface area contributed by atoms with E-state index in [-0.39, 0.29) is 11.5 Å². The Morgan fingerprint density at radius 3 is 2.93 bits per heavy atom. The molecule has 1 N–H and O–H groups in total. The molecule has 1 aliphatic rings. The zero-order valence-corrected chi connectivity index (χ0v) is 8.73. The van der Waals surface area contributed by atoms with Gasteiger partial charge in [0.1, 0.15) is 0 Å². The third-order valence-electron chi connectivity index (χ3n) is 2.95. The van der Waals surface area contributed by atoms with E-state index >= 15 is 0 Å². The SMILES string of the molecule is CC1(C)CN(Cc2ccoc2)CC1O. The van der Waals surface area contributed by atoms with Crippen LogP contribution in [0.4, 0.5) is 0 Å². The van der Waals surface area contributed by atoms with Gasteiger partial charge >= 0.3 is 0 Å². The highest BCUT2D eigenvalue weighted by Gasteiger charge is 2.37. The van der Waals surface area contributed by atoms with Crippen LogP contribution in [-0.4, -0.2) is 29.2 Å². The van der Waals surface area contributed by atoms with E-state index in [1.165, 1.54) is 5.56 Å². The average Bonchev–Trinajstić information content (AvgIpc) is 2.62. The Hall–Kier alpha value is -0.800. The smallest absolute Gasteiger partial charge is 0.0947 e. The number of likely N-dealkylation sites (tertiary alicyclic amines) is 1. The zero-order valence-electron chi connectivity index (χ0n) is 8.73. The summed E-state index contributed by atoms with van der Waals surface area (Å²) in [4.78, 5) is 2.26. The van der Waals surface area contributed by atoms with Crippen LogP contribution < -0.4 is 0 Å². The highest BCUT2D eigenvalue weighted by atomic mass is 16.3. The van der Waals surface area contributed by atoms with Gasteiger partial charge in [-0.25, -0.2) is 0 Å². The van der Waals surface area contributed by atoms with Crippen molar-refractivity contribution in [2.24, 2.45) is 5.41 Å². The van der Waals surface area contributed by atoms with Gasteiger partial charge in [-0.1, -0.05) is 13.8 Å². The lowest BCUT2D eigenvalue weighted by atomic mass is 9.90. The van der Waals surface area contributed by atoms with E-state index in [0.29, 0.717) is 0 Å². The van der Waals surface area contributed by atoms with Crippen LogP contribution in [0.5, 0.6) is 0 Å². The van der Waals surface area contributed by atoms with E-state index in [1.807, 2.05) is 6.07 Å². The van der Waals surface area contributed by atoms with E-state index in [1.54, 1.807) is 12.5 Å². The van der Waals surface area contributed by atoms with Crippen LogP contribution in [0.25, 0.3) is 0 Å². The molecule has 78 valence electrons. The molecule has 14 heavy (non-hydrogen) atoms. The van der Waals surface area contributed by atoms with E-state index in [4.69, 9.17) is 4.42 Å². The van der Waals surface area contributed by atoms with Crippen LogP contribution in [0.3, 0.4) is 0 Å². The maximum absolute atomic E-state index is 9.79. The van der Waals surface area contributed by atoms with Gasteiger partial charge in [-0.05, 0) is 6.07 Å². The van der Waals surface area contributed by atoms with Crippen molar-refractivity contribution in [1.29, 1.82) is 0 Å². The van der Waals surface area contributed by atoms with E-state index in [0.717, 1.165) is 19.6 Å².